The fraction of sp³-hybridized carbons (Fsp3) is 0.500. The Morgan fingerprint density at radius 1 is 1.47 bits per heavy atom. The molecule has 1 aliphatic heterocycles. The zero-order valence-corrected chi connectivity index (χ0v) is 11.4. The number of aromatic nitrogens is 1. The molecule has 0 saturated carbocycles. The van der Waals surface area contributed by atoms with Gasteiger partial charge in [-0.2, -0.15) is 0 Å². The van der Waals surface area contributed by atoms with Gasteiger partial charge in [0, 0.05) is 19.1 Å². The Kier molecular flexibility index (Phi) is 4.16. The number of pyridine rings is 1. The minimum absolute atomic E-state index is 0.0100. The molecule has 1 aliphatic rings. The van der Waals surface area contributed by atoms with Crippen LogP contribution in [0.2, 0.25) is 0 Å². The SMILES string of the molecule is CS(=O)(=O)c1ccc(C(=O)N[C@H]2CCCOC2)cn1. The molecule has 0 unspecified atom stereocenters. The van der Waals surface area contributed by atoms with Gasteiger partial charge in [-0.1, -0.05) is 0 Å². The molecule has 6 nitrogen and oxygen atoms in total. The fourth-order valence-corrected chi connectivity index (χ4v) is 2.42. The lowest BCUT2D eigenvalue weighted by atomic mass is 10.1. The van der Waals surface area contributed by atoms with E-state index in [1.807, 2.05) is 0 Å². The maximum Gasteiger partial charge on any atom is 0.253 e. The van der Waals surface area contributed by atoms with Crippen LogP contribution in [0.15, 0.2) is 23.4 Å². The highest BCUT2D eigenvalue weighted by molar-refractivity contribution is 7.90. The van der Waals surface area contributed by atoms with Crippen LogP contribution in [0.1, 0.15) is 23.2 Å². The molecule has 0 aromatic carbocycles. The molecular formula is C12H16N2O4S. The van der Waals surface area contributed by atoms with E-state index in [-0.39, 0.29) is 17.0 Å². The van der Waals surface area contributed by atoms with Crippen molar-refractivity contribution in [1.29, 1.82) is 0 Å². The summed E-state index contributed by atoms with van der Waals surface area (Å²) in [5.41, 5.74) is 0.345. The van der Waals surface area contributed by atoms with Crippen LogP contribution in [0.25, 0.3) is 0 Å². The van der Waals surface area contributed by atoms with Crippen molar-refractivity contribution in [1.82, 2.24) is 10.3 Å². The number of amides is 1. The van der Waals surface area contributed by atoms with Crippen LogP contribution >= 0.6 is 0 Å². The zero-order valence-electron chi connectivity index (χ0n) is 10.6. The first-order valence-electron chi connectivity index (χ1n) is 6.01. The van der Waals surface area contributed by atoms with Gasteiger partial charge in [0.1, 0.15) is 0 Å². The molecule has 1 amide bonds. The van der Waals surface area contributed by atoms with E-state index in [2.05, 4.69) is 10.3 Å². The van der Waals surface area contributed by atoms with Crippen molar-refractivity contribution in [2.45, 2.75) is 23.9 Å². The van der Waals surface area contributed by atoms with Crippen molar-refractivity contribution >= 4 is 15.7 Å². The van der Waals surface area contributed by atoms with E-state index in [0.29, 0.717) is 12.2 Å². The van der Waals surface area contributed by atoms with Gasteiger partial charge in [0.15, 0.2) is 14.9 Å². The summed E-state index contributed by atoms with van der Waals surface area (Å²) >= 11 is 0. The van der Waals surface area contributed by atoms with E-state index >= 15 is 0 Å². The Balaban J connectivity index is 2.03. The average Bonchev–Trinajstić information content (AvgIpc) is 2.39. The Hall–Kier alpha value is -1.47. The summed E-state index contributed by atoms with van der Waals surface area (Å²) < 4.78 is 27.8. The molecular weight excluding hydrogens is 268 g/mol. The molecule has 1 atom stereocenters. The Bertz CT molecular complexity index is 548. The predicted molar refractivity (Wildman–Crippen MR) is 68.7 cm³/mol. The first kappa shape index (κ1) is 14.0. The van der Waals surface area contributed by atoms with Crippen molar-refractivity contribution < 1.29 is 17.9 Å². The molecule has 1 saturated heterocycles. The third kappa shape index (κ3) is 3.74. The number of nitrogens with zero attached hydrogens (tertiary/aromatic N) is 1. The first-order chi connectivity index (χ1) is 8.97. The summed E-state index contributed by atoms with van der Waals surface area (Å²) in [4.78, 5) is 15.7. The predicted octanol–water partition coefficient (Wildman–Crippen LogP) is 0.394. The number of hydrogen-bond acceptors (Lipinski definition) is 5. The first-order valence-corrected chi connectivity index (χ1v) is 7.90. The van der Waals surface area contributed by atoms with Crippen LogP contribution in [0.5, 0.6) is 0 Å². The van der Waals surface area contributed by atoms with E-state index in [1.165, 1.54) is 18.3 Å². The highest BCUT2D eigenvalue weighted by atomic mass is 32.2. The minimum Gasteiger partial charge on any atom is -0.379 e. The smallest absolute Gasteiger partial charge is 0.253 e. The quantitative estimate of drug-likeness (QED) is 0.868. The largest absolute Gasteiger partial charge is 0.379 e. The Morgan fingerprint density at radius 2 is 2.26 bits per heavy atom. The highest BCUT2D eigenvalue weighted by Crippen LogP contribution is 2.09. The fourth-order valence-electron chi connectivity index (χ4n) is 1.86. The van der Waals surface area contributed by atoms with Crippen molar-refractivity contribution in [3.8, 4) is 0 Å². The molecule has 19 heavy (non-hydrogen) atoms. The maximum absolute atomic E-state index is 11.9. The molecule has 104 valence electrons. The summed E-state index contributed by atoms with van der Waals surface area (Å²) in [6, 6.07) is 2.81. The second-order valence-corrected chi connectivity index (χ2v) is 6.51. The standard InChI is InChI=1S/C12H16N2O4S/c1-19(16,17)11-5-4-9(7-13-11)12(15)14-10-3-2-6-18-8-10/h4-5,7,10H,2-3,6,8H2,1H3,(H,14,15)/t10-/m0/s1. The lowest BCUT2D eigenvalue weighted by Crippen LogP contribution is -2.40. The van der Waals surface area contributed by atoms with Gasteiger partial charge in [0.2, 0.25) is 0 Å². The molecule has 0 aliphatic carbocycles. The summed E-state index contributed by atoms with van der Waals surface area (Å²) in [7, 11) is -3.34. The van der Waals surface area contributed by atoms with Crippen molar-refractivity contribution in [2.24, 2.45) is 0 Å². The average molecular weight is 284 g/mol. The zero-order chi connectivity index (χ0) is 13.9. The Labute approximate surface area is 112 Å². The molecule has 7 heteroatoms. The minimum atomic E-state index is -3.34. The molecule has 1 N–H and O–H groups in total. The van der Waals surface area contributed by atoms with Crippen LogP contribution in [-0.4, -0.2) is 44.8 Å². The van der Waals surface area contributed by atoms with Gasteiger partial charge < -0.3 is 10.1 Å². The molecule has 0 radical (unpaired) electrons. The summed E-state index contributed by atoms with van der Waals surface area (Å²) in [5.74, 6) is -0.261. The van der Waals surface area contributed by atoms with Crippen molar-refractivity contribution in [3.63, 3.8) is 0 Å². The maximum atomic E-state index is 11.9. The molecule has 0 bridgehead atoms. The topological polar surface area (TPSA) is 85.4 Å². The third-order valence-corrected chi connectivity index (χ3v) is 3.88. The van der Waals surface area contributed by atoms with Crippen molar-refractivity contribution in [2.75, 3.05) is 19.5 Å². The van der Waals surface area contributed by atoms with E-state index in [4.69, 9.17) is 4.74 Å². The summed E-state index contributed by atoms with van der Waals surface area (Å²) in [6.45, 7) is 1.25. The normalized spacial score (nSPS) is 19.9. The van der Waals surface area contributed by atoms with Gasteiger partial charge in [0.25, 0.3) is 5.91 Å². The number of rotatable bonds is 3. The number of carbonyl (C=O) groups is 1. The van der Waals surface area contributed by atoms with Gasteiger partial charge in [-0.25, -0.2) is 13.4 Å². The number of carbonyl (C=O) groups excluding carboxylic acids is 1. The third-order valence-electron chi connectivity index (χ3n) is 2.87. The number of nitrogens with one attached hydrogen (secondary N) is 1. The van der Waals surface area contributed by atoms with Gasteiger partial charge >= 0.3 is 0 Å². The van der Waals surface area contributed by atoms with Crippen LogP contribution in [0.3, 0.4) is 0 Å². The van der Waals surface area contributed by atoms with E-state index in [9.17, 15) is 13.2 Å². The number of ether oxygens (including phenoxy) is 1. The van der Waals surface area contributed by atoms with Crippen LogP contribution in [0.4, 0.5) is 0 Å². The highest BCUT2D eigenvalue weighted by Gasteiger charge is 2.18. The van der Waals surface area contributed by atoms with E-state index in [1.54, 1.807) is 0 Å². The lowest BCUT2D eigenvalue weighted by Gasteiger charge is -2.23. The van der Waals surface area contributed by atoms with Gasteiger partial charge in [-0.05, 0) is 25.0 Å². The van der Waals surface area contributed by atoms with Gasteiger partial charge in [0.05, 0.1) is 18.2 Å². The second-order valence-electron chi connectivity index (χ2n) is 4.54. The molecule has 2 rings (SSSR count). The number of sulfone groups is 1. The Morgan fingerprint density at radius 3 is 2.79 bits per heavy atom. The monoisotopic (exact) mass is 284 g/mol. The second kappa shape index (κ2) is 5.66. The van der Waals surface area contributed by atoms with Crippen LogP contribution in [-0.2, 0) is 14.6 Å². The summed E-state index contributed by atoms with van der Waals surface area (Å²) in [5, 5.41) is 2.80. The van der Waals surface area contributed by atoms with Crippen molar-refractivity contribution in [3.05, 3.63) is 23.9 Å². The van der Waals surface area contributed by atoms with E-state index < -0.39 is 9.84 Å². The van der Waals surface area contributed by atoms with Gasteiger partial charge in [-0.3, -0.25) is 4.79 Å². The van der Waals surface area contributed by atoms with Gasteiger partial charge in [-0.15, -0.1) is 0 Å². The molecule has 1 fully saturated rings. The molecule has 1 aromatic heterocycles. The molecule has 1 aromatic rings. The van der Waals surface area contributed by atoms with E-state index in [0.717, 1.165) is 25.7 Å². The molecule has 2 heterocycles. The lowest BCUT2D eigenvalue weighted by molar-refractivity contribution is 0.0624. The number of hydrogen-bond donors (Lipinski definition) is 1. The summed E-state index contributed by atoms with van der Waals surface area (Å²) in [6.07, 6.45) is 4.17. The molecule has 0 spiro atoms. The van der Waals surface area contributed by atoms with Crippen LogP contribution in [0, 0.1) is 0 Å². The van der Waals surface area contributed by atoms with Crippen LogP contribution < -0.4 is 5.32 Å².